The van der Waals surface area contributed by atoms with Crippen LogP contribution in [0.4, 0.5) is 0 Å². The number of nitrogens with zero attached hydrogens (tertiary/aromatic N) is 9. The van der Waals surface area contributed by atoms with Crippen LogP contribution in [0.2, 0.25) is 0 Å². The molecule has 3 aromatic heterocycles. The lowest BCUT2D eigenvalue weighted by atomic mass is 9.97. The summed E-state index contributed by atoms with van der Waals surface area (Å²) in [7, 11) is 0. The standard InChI is InChI=1S/C63H33N9/c64-34-39-19-23-48(46(27-39)37-67)44-21-25-58-52(31-44)50-15-7-9-17-56(50)71(58)60-29-41(36-66)30-61(62(60)63-69-54(42-11-3-1-4-12-42)33-55(70-63)43-13-5-2-6-14-43)72-57-18-10-8-16-51(57)53-32-45(22-26-59(53)72)49-24-20-40(35-65)28-47(49)38-68/h1-33H. The molecule has 0 aliphatic carbocycles. The van der Waals surface area contributed by atoms with E-state index in [2.05, 4.69) is 75.9 Å². The van der Waals surface area contributed by atoms with E-state index in [1.54, 1.807) is 24.3 Å². The molecule has 0 saturated heterocycles. The van der Waals surface area contributed by atoms with Crippen LogP contribution in [0.5, 0.6) is 0 Å². The van der Waals surface area contributed by atoms with Crippen molar-refractivity contribution in [2.24, 2.45) is 0 Å². The number of fused-ring (bicyclic) bond motifs is 6. The molecule has 0 amide bonds. The fourth-order valence-corrected chi connectivity index (χ4v) is 10.0. The van der Waals surface area contributed by atoms with Crippen LogP contribution in [-0.2, 0) is 0 Å². The van der Waals surface area contributed by atoms with Crippen LogP contribution in [0.3, 0.4) is 0 Å². The highest BCUT2D eigenvalue weighted by atomic mass is 15.0. The van der Waals surface area contributed by atoms with Crippen LogP contribution in [0.25, 0.3) is 111 Å². The third kappa shape index (κ3) is 6.98. The van der Waals surface area contributed by atoms with Crippen LogP contribution in [0.1, 0.15) is 27.8 Å². The van der Waals surface area contributed by atoms with E-state index < -0.39 is 0 Å². The van der Waals surface area contributed by atoms with E-state index in [9.17, 15) is 26.3 Å². The van der Waals surface area contributed by atoms with E-state index in [0.29, 0.717) is 73.1 Å². The quantitative estimate of drug-likeness (QED) is 0.154. The second-order valence-electron chi connectivity index (χ2n) is 17.3. The van der Waals surface area contributed by atoms with Gasteiger partial charge in [0.25, 0.3) is 0 Å². The summed E-state index contributed by atoms with van der Waals surface area (Å²) in [6.45, 7) is 0. The number of hydrogen-bond donors (Lipinski definition) is 0. The minimum Gasteiger partial charge on any atom is -0.308 e. The van der Waals surface area contributed by atoms with E-state index in [1.807, 2.05) is 140 Å². The molecular formula is C63H33N9. The summed E-state index contributed by atoms with van der Waals surface area (Å²) in [5.41, 5.74) is 13.8. The van der Waals surface area contributed by atoms with Crippen molar-refractivity contribution in [1.29, 1.82) is 26.3 Å². The second-order valence-corrected chi connectivity index (χ2v) is 17.3. The van der Waals surface area contributed by atoms with Crippen molar-refractivity contribution in [3.8, 4) is 97.9 Å². The Morgan fingerprint density at radius 2 is 0.736 bits per heavy atom. The van der Waals surface area contributed by atoms with Crippen LogP contribution in [-0.4, -0.2) is 19.1 Å². The van der Waals surface area contributed by atoms with Crippen molar-refractivity contribution in [2.75, 3.05) is 0 Å². The molecule has 0 spiro atoms. The third-order valence-electron chi connectivity index (χ3n) is 13.3. The second kappa shape index (κ2) is 17.3. The number of benzene rings is 9. The average molecular weight is 916 g/mol. The summed E-state index contributed by atoms with van der Waals surface area (Å²) in [6.07, 6.45) is 0. The molecule has 0 aliphatic rings. The highest BCUT2D eigenvalue weighted by Crippen LogP contribution is 2.44. The molecule has 12 aromatic rings. The predicted octanol–water partition coefficient (Wildman–Crippen LogP) is 14.4. The van der Waals surface area contributed by atoms with Crippen molar-refractivity contribution in [3.63, 3.8) is 0 Å². The Morgan fingerprint density at radius 1 is 0.319 bits per heavy atom. The molecule has 0 atom stereocenters. The van der Waals surface area contributed by atoms with Gasteiger partial charge in [0, 0.05) is 32.7 Å². The van der Waals surface area contributed by atoms with Crippen molar-refractivity contribution in [1.82, 2.24) is 19.1 Å². The molecule has 0 bridgehead atoms. The molecule has 0 radical (unpaired) electrons. The van der Waals surface area contributed by atoms with E-state index in [-0.39, 0.29) is 0 Å². The van der Waals surface area contributed by atoms with Gasteiger partial charge < -0.3 is 9.13 Å². The Balaban J connectivity index is 1.21. The molecule has 12 rings (SSSR count). The van der Waals surface area contributed by atoms with Gasteiger partial charge in [-0.2, -0.15) is 26.3 Å². The van der Waals surface area contributed by atoms with Gasteiger partial charge in [-0.25, -0.2) is 9.97 Å². The molecule has 0 saturated carbocycles. The number of hydrogen-bond acceptors (Lipinski definition) is 7. The normalized spacial score (nSPS) is 11.0. The monoisotopic (exact) mass is 915 g/mol. The highest BCUT2D eigenvalue weighted by molar-refractivity contribution is 6.13. The summed E-state index contributed by atoms with van der Waals surface area (Å²) >= 11 is 0. The van der Waals surface area contributed by atoms with Crippen LogP contribution >= 0.6 is 0 Å². The summed E-state index contributed by atoms with van der Waals surface area (Å²) in [5.74, 6) is 0.433. The molecule has 0 fully saturated rings. The van der Waals surface area contributed by atoms with Gasteiger partial charge in [0.05, 0.1) is 109 Å². The number of para-hydroxylation sites is 2. The van der Waals surface area contributed by atoms with Crippen molar-refractivity contribution >= 4 is 43.6 Å². The van der Waals surface area contributed by atoms with Gasteiger partial charge in [-0.15, -0.1) is 0 Å². The number of nitriles is 5. The fourth-order valence-electron chi connectivity index (χ4n) is 10.0. The molecule has 9 nitrogen and oxygen atoms in total. The Morgan fingerprint density at radius 3 is 1.17 bits per heavy atom. The van der Waals surface area contributed by atoms with Crippen molar-refractivity contribution < 1.29 is 0 Å². The predicted molar refractivity (Wildman–Crippen MR) is 281 cm³/mol. The molecule has 0 N–H and O–H groups in total. The number of rotatable bonds is 7. The third-order valence-corrected chi connectivity index (χ3v) is 13.3. The summed E-state index contributed by atoms with van der Waals surface area (Å²) in [5, 5.41) is 54.5. The van der Waals surface area contributed by atoms with Gasteiger partial charge >= 0.3 is 0 Å². The Hall–Kier alpha value is -10.9. The van der Waals surface area contributed by atoms with E-state index in [0.717, 1.165) is 65.9 Å². The smallest absolute Gasteiger partial charge is 0.164 e. The first-order valence-electron chi connectivity index (χ1n) is 23.0. The van der Waals surface area contributed by atoms with Gasteiger partial charge in [0.2, 0.25) is 0 Å². The Kier molecular flexibility index (Phi) is 10.2. The fraction of sp³-hybridized carbons (Fsp3) is 0. The average Bonchev–Trinajstić information content (AvgIpc) is 3.96. The minimum atomic E-state index is 0.399. The first-order chi connectivity index (χ1) is 35.5. The Bertz CT molecular complexity index is 4180. The maximum atomic E-state index is 11.1. The lowest BCUT2D eigenvalue weighted by molar-refractivity contribution is 1.10. The molecule has 9 heteroatoms. The molecular weight excluding hydrogens is 883 g/mol. The van der Waals surface area contributed by atoms with Gasteiger partial charge in [0.1, 0.15) is 0 Å². The first kappa shape index (κ1) is 42.5. The first-order valence-corrected chi connectivity index (χ1v) is 23.0. The molecule has 0 unspecified atom stereocenters. The van der Waals surface area contributed by atoms with Gasteiger partial charge in [-0.3, -0.25) is 0 Å². The van der Waals surface area contributed by atoms with E-state index >= 15 is 0 Å². The molecule has 330 valence electrons. The molecule has 0 aliphatic heterocycles. The summed E-state index contributed by atoms with van der Waals surface area (Å²) in [4.78, 5) is 10.9. The highest BCUT2D eigenvalue weighted by Gasteiger charge is 2.26. The minimum absolute atomic E-state index is 0.399. The Labute approximate surface area is 413 Å². The summed E-state index contributed by atoms with van der Waals surface area (Å²) < 4.78 is 4.36. The lowest BCUT2D eigenvalue weighted by Crippen LogP contribution is -2.07. The zero-order chi connectivity index (χ0) is 48.9. The van der Waals surface area contributed by atoms with E-state index in [1.165, 1.54) is 0 Å². The van der Waals surface area contributed by atoms with Crippen LogP contribution in [0.15, 0.2) is 200 Å². The van der Waals surface area contributed by atoms with Crippen molar-refractivity contribution in [2.45, 2.75) is 0 Å². The van der Waals surface area contributed by atoms with Gasteiger partial charge in [-0.05, 0) is 101 Å². The number of aromatic nitrogens is 4. The maximum absolute atomic E-state index is 11.1. The topological polar surface area (TPSA) is 155 Å². The lowest BCUT2D eigenvalue weighted by Gasteiger charge is -2.21. The SMILES string of the molecule is N#Cc1ccc(-c2ccc3c(c2)c2ccccc2n3-c2cc(C#N)cc(-n3c4ccccc4c4cc(-c5ccc(C#N)cc5C#N)ccc43)c2-c2nc(-c3ccccc3)cc(-c3ccccc3)n2)c(C#N)c1. The van der Waals surface area contributed by atoms with Crippen molar-refractivity contribution in [3.05, 3.63) is 228 Å². The van der Waals surface area contributed by atoms with Gasteiger partial charge in [0.15, 0.2) is 5.82 Å². The van der Waals surface area contributed by atoms with Crippen LogP contribution in [0, 0.1) is 56.7 Å². The zero-order valence-electron chi connectivity index (χ0n) is 38.1. The van der Waals surface area contributed by atoms with Crippen LogP contribution < -0.4 is 0 Å². The zero-order valence-corrected chi connectivity index (χ0v) is 38.1. The molecule has 3 heterocycles. The van der Waals surface area contributed by atoms with Gasteiger partial charge in [-0.1, -0.05) is 121 Å². The summed E-state index contributed by atoms with van der Waals surface area (Å²) in [6, 6.07) is 76.1. The van der Waals surface area contributed by atoms with E-state index in [4.69, 9.17) is 9.97 Å². The largest absolute Gasteiger partial charge is 0.308 e. The maximum Gasteiger partial charge on any atom is 0.164 e. The molecule has 9 aromatic carbocycles. The molecule has 72 heavy (non-hydrogen) atoms.